The summed E-state index contributed by atoms with van der Waals surface area (Å²) in [5, 5.41) is 12.3. The average Bonchev–Trinajstić information content (AvgIpc) is 3.01. The molecular weight excluding hydrogens is 302 g/mol. The number of rotatable bonds is 4. The van der Waals surface area contributed by atoms with E-state index >= 15 is 0 Å². The van der Waals surface area contributed by atoms with Crippen LogP contribution in [0.15, 0.2) is 12.1 Å². The molecule has 1 amide bonds. The van der Waals surface area contributed by atoms with E-state index in [1.807, 2.05) is 6.07 Å². The third-order valence-corrected chi connectivity index (χ3v) is 4.97. The number of nitrogens with zero attached hydrogens (tertiary/aromatic N) is 1. The van der Waals surface area contributed by atoms with Crippen LogP contribution in [0.5, 0.6) is 0 Å². The standard InChI is InChI=1S/C17H22F2N2O2/c18-17(19,16(23)9-3-4-10-16)15(22)20-11-13-8-7-12-5-1-2-6-14(12)21-13/h7-8,23H,1-6,9-11H2,(H,20,22). The normalized spacial score (nSPS) is 20.1. The first-order valence-corrected chi connectivity index (χ1v) is 8.28. The van der Waals surface area contributed by atoms with Gasteiger partial charge in [0.15, 0.2) is 0 Å². The van der Waals surface area contributed by atoms with Crippen molar-refractivity contribution in [2.75, 3.05) is 0 Å². The zero-order chi connectivity index (χ0) is 16.5. The van der Waals surface area contributed by atoms with Crippen molar-refractivity contribution < 1.29 is 18.7 Å². The molecule has 1 heterocycles. The topological polar surface area (TPSA) is 62.2 Å². The van der Waals surface area contributed by atoms with Crippen LogP contribution in [0.1, 0.15) is 55.5 Å². The summed E-state index contributed by atoms with van der Waals surface area (Å²) in [7, 11) is 0. The number of aliphatic hydroxyl groups is 1. The van der Waals surface area contributed by atoms with E-state index in [0.717, 1.165) is 31.4 Å². The van der Waals surface area contributed by atoms with Gasteiger partial charge in [-0.3, -0.25) is 9.78 Å². The van der Waals surface area contributed by atoms with Crippen molar-refractivity contribution in [3.05, 3.63) is 29.1 Å². The summed E-state index contributed by atoms with van der Waals surface area (Å²) in [5.74, 6) is -5.18. The molecule has 126 valence electrons. The van der Waals surface area contributed by atoms with E-state index in [0.29, 0.717) is 18.5 Å². The van der Waals surface area contributed by atoms with Gasteiger partial charge in [0.2, 0.25) is 0 Å². The van der Waals surface area contributed by atoms with Crippen LogP contribution in [0, 0.1) is 0 Å². The van der Waals surface area contributed by atoms with Crippen LogP contribution in [0.2, 0.25) is 0 Å². The van der Waals surface area contributed by atoms with Crippen molar-refractivity contribution in [3.63, 3.8) is 0 Å². The van der Waals surface area contributed by atoms with Gasteiger partial charge in [0.05, 0.1) is 12.2 Å². The van der Waals surface area contributed by atoms with E-state index < -0.39 is 17.4 Å². The summed E-state index contributed by atoms with van der Waals surface area (Å²) < 4.78 is 28.4. The van der Waals surface area contributed by atoms with Crippen molar-refractivity contribution >= 4 is 5.91 Å². The SMILES string of the molecule is O=C(NCc1ccc2c(n1)CCCC2)C(F)(F)C1(O)CCCC1. The predicted molar refractivity (Wildman–Crippen MR) is 81.1 cm³/mol. The fourth-order valence-corrected chi connectivity index (χ4v) is 3.49. The number of fused-ring (bicyclic) bond motifs is 1. The van der Waals surface area contributed by atoms with Crippen molar-refractivity contribution in [1.29, 1.82) is 0 Å². The number of nitrogens with one attached hydrogen (secondary N) is 1. The molecule has 0 aliphatic heterocycles. The van der Waals surface area contributed by atoms with Gasteiger partial charge in [-0.15, -0.1) is 0 Å². The Morgan fingerprint density at radius 1 is 1.22 bits per heavy atom. The van der Waals surface area contributed by atoms with Crippen LogP contribution in [0.4, 0.5) is 8.78 Å². The second-order valence-corrected chi connectivity index (χ2v) is 6.61. The minimum absolute atomic E-state index is 0.0372. The van der Waals surface area contributed by atoms with Gasteiger partial charge in [0, 0.05) is 5.69 Å². The molecular formula is C17H22F2N2O2. The molecule has 1 fully saturated rings. The number of aromatic nitrogens is 1. The maximum absolute atomic E-state index is 14.2. The number of alkyl halides is 2. The van der Waals surface area contributed by atoms with Crippen LogP contribution in [0.3, 0.4) is 0 Å². The summed E-state index contributed by atoms with van der Waals surface area (Å²) in [4.78, 5) is 16.3. The van der Waals surface area contributed by atoms with Gasteiger partial charge in [0.1, 0.15) is 5.60 Å². The lowest BCUT2D eigenvalue weighted by molar-refractivity contribution is -0.191. The molecule has 2 N–H and O–H groups in total. The molecule has 3 rings (SSSR count). The second-order valence-electron chi connectivity index (χ2n) is 6.61. The smallest absolute Gasteiger partial charge is 0.352 e. The van der Waals surface area contributed by atoms with Crippen LogP contribution in [-0.4, -0.2) is 27.5 Å². The number of hydrogen-bond acceptors (Lipinski definition) is 3. The van der Waals surface area contributed by atoms with Crippen LogP contribution in [0.25, 0.3) is 0 Å². The number of carbonyl (C=O) groups is 1. The summed E-state index contributed by atoms with van der Waals surface area (Å²) in [6.45, 7) is -0.0439. The zero-order valence-electron chi connectivity index (χ0n) is 13.1. The van der Waals surface area contributed by atoms with Crippen molar-refractivity contribution in [2.24, 2.45) is 0 Å². The molecule has 2 aliphatic carbocycles. The quantitative estimate of drug-likeness (QED) is 0.894. The van der Waals surface area contributed by atoms with Crippen LogP contribution in [-0.2, 0) is 24.2 Å². The van der Waals surface area contributed by atoms with Gasteiger partial charge in [-0.25, -0.2) is 0 Å². The van der Waals surface area contributed by atoms with Crippen LogP contribution >= 0.6 is 0 Å². The minimum atomic E-state index is -3.77. The van der Waals surface area contributed by atoms with Crippen molar-refractivity contribution in [3.8, 4) is 0 Å². The molecule has 0 radical (unpaired) electrons. The van der Waals surface area contributed by atoms with Gasteiger partial charge in [-0.2, -0.15) is 8.78 Å². The Morgan fingerprint density at radius 3 is 2.65 bits per heavy atom. The van der Waals surface area contributed by atoms with Crippen LogP contribution < -0.4 is 5.32 Å². The molecule has 0 aromatic carbocycles. The summed E-state index contributed by atoms with van der Waals surface area (Å²) in [6.07, 6.45) is 5.09. The number of pyridine rings is 1. The molecule has 4 nitrogen and oxygen atoms in total. The number of aryl methyl sites for hydroxylation is 2. The van der Waals surface area contributed by atoms with Gasteiger partial charge in [-0.05, 0) is 50.2 Å². The highest BCUT2D eigenvalue weighted by atomic mass is 19.3. The Morgan fingerprint density at radius 2 is 1.91 bits per heavy atom. The molecule has 0 unspecified atom stereocenters. The zero-order valence-corrected chi connectivity index (χ0v) is 13.1. The number of carbonyl (C=O) groups excluding carboxylic acids is 1. The maximum Gasteiger partial charge on any atom is 0.352 e. The Kier molecular flexibility index (Phi) is 4.36. The molecule has 6 heteroatoms. The van der Waals surface area contributed by atoms with E-state index in [1.54, 1.807) is 6.07 Å². The van der Waals surface area contributed by atoms with E-state index in [-0.39, 0.29) is 19.4 Å². The first-order valence-electron chi connectivity index (χ1n) is 8.28. The van der Waals surface area contributed by atoms with Crippen molar-refractivity contribution in [1.82, 2.24) is 10.3 Å². The molecule has 0 atom stereocenters. The first kappa shape index (κ1) is 16.3. The first-order chi connectivity index (χ1) is 10.9. The van der Waals surface area contributed by atoms with E-state index in [9.17, 15) is 18.7 Å². The largest absolute Gasteiger partial charge is 0.383 e. The van der Waals surface area contributed by atoms with Gasteiger partial charge >= 0.3 is 5.92 Å². The highest BCUT2D eigenvalue weighted by Crippen LogP contribution is 2.42. The van der Waals surface area contributed by atoms with E-state index in [4.69, 9.17) is 0 Å². The average molecular weight is 324 g/mol. The lowest BCUT2D eigenvalue weighted by Crippen LogP contribution is -2.55. The second kappa shape index (κ2) is 6.15. The maximum atomic E-state index is 14.2. The van der Waals surface area contributed by atoms with Gasteiger partial charge in [-0.1, -0.05) is 18.9 Å². The Balaban J connectivity index is 1.64. The summed E-state index contributed by atoms with van der Waals surface area (Å²) in [5.41, 5.74) is 0.578. The van der Waals surface area contributed by atoms with E-state index in [1.165, 1.54) is 5.56 Å². The molecule has 1 aromatic rings. The molecule has 1 aromatic heterocycles. The van der Waals surface area contributed by atoms with E-state index in [2.05, 4.69) is 10.3 Å². The molecule has 0 bridgehead atoms. The lowest BCUT2D eigenvalue weighted by Gasteiger charge is -2.30. The van der Waals surface area contributed by atoms with Gasteiger partial charge in [0.25, 0.3) is 5.91 Å². The fraction of sp³-hybridized carbons (Fsp3) is 0.647. The molecule has 1 saturated carbocycles. The predicted octanol–water partition coefficient (Wildman–Crippen LogP) is 2.52. The van der Waals surface area contributed by atoms with Gasteiger partial charge < -0.3 is 10.4 Å². The Bertz CT molecular complexity index is 598. The molecule has 0 spiro atoms. The highest BCUT2D eigenvalue weighted by molar-refractivity contribution is 5.84. The fourth-order valence-electron chi connectivity index (χ4n) is 3.49. The number of halogens is 2. The minimum Gasteiger partial charge on any atom is -0.383 e. The lowest BCUT2D eigenvalue weighted by atomic mass is 9.93. The molecule has 2 aliphatic rings. The highest BCUT2D eigenvalue weighted by Gasteiger charge is 2.58. The molecule has 0 saturated heterocycles. The third kappa shape index (κ3) is 3.09. The number of hydrogen-bond donors (Lipinski definition) is 2. The summed E-state index contributed by atoms with van der Waals surface area (Å²) in [6, 6.07) is 3.73. The summed E-state index contributed by atoms with van der Waals surface area (Å²) >= 11 is 0. The monoisotopic (exact) mass is 324 g/mol. The van der Waals surface area contributed by atoms with Crippen molar-refractivity contribution in [2.45, 2.75) is 69.4 Å². The molecule has 23 heavy (non-hydrogen) atoms. The Labute approximate surface area is 134 Å². The Hall–Kier alpha value is -1.56. The third-order valence-electron chi connectivity index (χ3n) is 4.97. The number of amides is 1.